The lowest BCUT2D eigenvalue weighted by molar-refractivity contribution is -0.155. The lowest BCUT2D eigenvalue weighted by Crippen LogP contribution is -2.41. The lowest BCUT2D eigenvalue weighted by atomic mass is 9.77. The molecule has 4 heteroatoms. The Balaban J connectivity index is 2.36. The summed E-state index contributed by atoms with van der Waals surface area (Å²) in [5, 5.41) is 9.94. The predicted octanol–water partition coefficient (Wildman–Crippen LogP) is 3.32. The molecule has 3 nitrogen and oxygen atoms in total. The number of aliphatic carboxylic acids is 1. The second kappa shape index (κ2) is 4.90. The van der Waals surface area contributed by atoms with Crippen molar-refractivity contribution in [1.82, 2.24) is 0 Å². The highest BCUT2D eigenvalue weighted by atomic mass is 35.5. The van der Waals surface area contributed by atoms with E-state index in [1.807, 2.05) is 32.0 Å². The molecule has 1 aliphatic rings. The lowest BCUT2D eigenvalue weighted by Gasteiger charge is -2.39. The van der Waals surface area contributed by atoms with Crippen molar-refractivity contribution in [3.63, 3.8) is 0 Å². The van der Waals surface area contributed by atoms with E-state index in [0.717, 1.165) is 5.56 Å². The molecule has 18 heavy (non-hydrogen) atoms. The van der Waals surface area contributed by atoms with Crippen LogP contribution in [0.3, 0.4) is 0 Å². The molecule has 0 spiro atoms. The van der Waals surface area contributed by atoms with Gasteiger partial charge in [0.05, 0.1) is 18.1 Å². The van der Waals surface area contributed by atoms with Gasteiger partial charge in [-0.15, -0.1) is 0 Å². The van der Waals surface area contributed by atoms with Crippen molar-refractivity contribution in [2.75, 3.05) is 6.61 Å². The number of ether oxygens (including phenoxy) is 1. The average molecular weight is 269 g/mol. The van der Waals surface area contributed by atoms with E-state index in [1.165, 1.54) is 0 Å². The molecule has 1 aliphatic heterocycles. The number of halogens is 1. The van der Waals surface area contributed by atoms with Gasteiger partial charge in [-0.3, -0.25) is 4.79 Å². The first-order chi connectivity index (χ1) is 8.41. The van der Waals surface area contributed by atoms with Crippen LogP contribution in [0.4, 0.5) is 0 Å². The van der Waals surface area contributed by atoms with Gasteiger partial charge in [-0.25, -0.2) is 0 Å². The highest BCUT2D eigenvalue weighted by Crippen LogP contribution is 2.41. The van der Waals surface area contributed by atoms with Gasteiger partial charge in [0.1, 0.15) is 0 Å². The van der Waals surface area contributed by atoms with Gasteiger partial charge in [-0.1, -0.05) is 29.8 Å². The van der Waals surface area contributed by atoms with E-state index >= 15 is 0 Å². The zero-order valence-corrected chi connectivity index (χ0v) is 11.3. The zero-order valence-electron chi connectivity index (χ0n) is 10.5. The summed E-state index contributed by atoms with van der Waals surface area (Å²) in [5.41, 5.74) is 0.596. The maximum Gasteiger partial charge on any atom is 0.309 e. The quantitative estimate of drug-likeness (QED) is 0.895. The molecule has 1 N–H and O–H groups in total. The fourth-order valence-corrected chi connectivity index (χ4v) is 2.78. The first-order valence-corrected chi connectivity index (χ1v) is 6.40. The molecule has 2 rings (SSSR count). The van der Waals surface area contributed by atoms with Gasteiger partial charge >= 0.3 is 5.97 Å². The van der Waals surface area contributed by atoms with Gasteiger partial charge in [0.15, 0.2) is 0 Å². The summed E-state index contributed by atoms with van der Waals surface area (Å²) in [4.78, 5) is 11.3. The Bertz CT molecular complexity index is 456. The van der Waals surface area contributed by atoms with E-state index in [1.54, 1.807) is 6.07 Å². The van der Waals surface area contributed by atoms with E-state index in [2.05, 4.69) is 0 Å². The highest BCUT2D eigenvalue weighted by molar-refractivity contribution is 6.31. The van der Waals surface area contributed by atoms with Crippen LogP contribution < -0.4 is 0 Å². The third kappa shape index (κ3) is 2.68. The molecule has 0 aromatic heterocycles. The summed E-state index contributed by atoms with van der Waals surface area (Å²) < 4.78 is 5.61. The Kier molecular flexibility index (Phi) is 3.64. The fraction of sp³-hybridized carbons (Fsp3) is 0.500. The second-order valence-electron chi connectivity index (χ2n) is 5.35. The zero-order chi connectivity index (χ0) is 13.3. The van der Waals surface area contributed by atoms with Crippen molar-refractivity contribution in [2.45, 2.75) is 31.8 Å². The number of hydrogen-bond acceptors (Lipinski definition) is 2. The minimum Gasteiger partial charge on any atom is -0.481 e. The molecule has 98 valence electrons. The van der Waals surface area contributed by atoms with E-state index in [-0.39, 0.29) is 18.1 Å². The standard InChI is InChI=1S/C14H17ClO3/c1-14(2)7-10(11(8-18-14)13(16)17)9-5-3-4-6-12(9)15/h3-6,10-11H,7-8H2,1-2H3,(H,16,17)/t10-,11+/m1/s1. The number of carbonyl (C=O) groups is 1. The summed E-state index contributed by atoms with van der Waals surface area (Å²) in [6.07, 6.45) is 0.660. The molecule has 0 amide bonds. The first kappa shape index (κ1) is 13.4. The molecule has 1 aromatic rings. The fourth-order valence-electron chi connectivity index (χ4n) is 2.51. The first-order valence-electron chi connectivity index (χ1n) is 6.02. The van der Waals surface area contributed by atoms with Gasteiger partial charge < -0.3 is 9.84 Å². The van der Waals surface area contributed by atoms with Crippen LogP contribution in [0.1, 0.15) is 31.7 Å². The SMILES string of the molecule is CC1(C)C[C@H](c2ccccc2Cl)[C@@H](C(=O)O)CO1. The van der Waals surface area contributed by atoms with Gasteiger partial charge in [0.2, 0.25) is 0 Å². The minimum absolute atomic E-state index is 0.0973. The van der Waals surface area contributed by atoms with Crippen LogP contribution >= 0.6 is 11.6 Å². The predicted molar refractivity (Wildman–Crippen MR) is 70.0 cm³/mol. The van der Waals surface area contributed by atoms with Crippen LogP contribution in [0.15, 0.2) is 24.3 Å². The average Bonchev–Trinajstić information content (AvgIpc) is 2.27. The van der Waals surface area contributed by atoms with Crippen LogP contribution in [0.5, 0.6) is 0 Å². The Morgan fingerprint density at radius 2 is 2.11 bits per heavy atom. The van der Waals surface area contributed by atoms with Crippen molar-refractivity contribution >= 4 is 17.6 Å². The maximum absolute atomic E-state index is 11.3. The summed E-state index contributed by atoms with van der Waals surface area (Å²) in [6, 6.07) is 7.46. The minimum atomic E-state index is -0.824. The van der Waals surface area contributed by atoms with Crippen molar-refractivity contribution in [3.8, 4) is 0 Å². The van der Waals surface area contributed by atoms with Crippen LogP contribution in [-0.4, -0.2) is 23.3 Å². The van der Waals surface area contributed by atoms with Crippen molar-refractivity contribution < 1.29 is 14.6 Å². The Morgan fingerprint density at radius 3 is 2.72 bits per heavy atom. The van der Waals surface area contributed by atoms with E-state index < -0.39 is 11.9 Å². The third-order valence-electron chi connectivity index (χ3n) is 3.47. The molecular formula is C14H17ClO3. The molecule has 1 aromatic carbocycles. The molecular weight excluding hydrogens is 252 g/mol. The third-order valence-corrected chi connectivity index (χ3v) is 3.82. The molecule has 2 atom stereocenters. The van der Waals surface area contributed by atoms with E-state index in [0.29, 0.717) is 11.4 Å². The molecule has 0 bridgehead atoms. The van der Waals surface area contributed by atoms with Crippen LogP contribution in [0.2, 0.25) is 5.02 Å². The molecule has 0 unspecified atom stereocenters. The Morgan fingerprint density at radius 1 is 1.44 bits per heavy atom. The molecule has 1 fully saturated rings. The van der Waals surface area contributed by atoms with E-state index in [9.17, 15) is 9.90 Å². The second-order valence-corrected chi connectivity index (χ2v) is 5.75. The van der Waals surface area contributed by atoms with Crippen molar-refractivity contribution in [1.29, 1.82) is 0 Å². The van der Waals surface area contributed by atoms with Crippen molar-refractivity contribution in [2.24, 2.45) is 5.92 Å². The van der Waals surface area contributed by atoms with Crippen molar-refractivity contribution in [3.05, 3.63) is 34.9 Å². The normalized spacial score (nSPS) is 26.8. The molecule has 0 aliphatic carbocycles. The monoisotopic (exact) mass is 268 g/mol. The Hall–Kier alpha value is -1.06. The van der Waals surface area contributed by atoms with E-state index in [4.69, 9.17) is 16.3 Å². The van der Waals surface area contributed by atoms with Gasteiger partial charge in [-0.05, 0) is 31.9 Å². The van der Waals surface area contributed by atoms with Gasteiger partial charge in [0, 0.05) is 10.9 Å². The highest BCUT2D eigenvalue weighted by Gasteiger charge is 2.40. The van der Waals surface area contributed by atoms with Gasteiger partial charge in [0.25, 0.3) is 0 Å². The molecule has 0 saturated carbocycles. The number of rotatable bonds is 2. The Labute approximate surface area is 112 Å². The van der Waals surface area contributed by atoms with Gasteiger partial charge in [-0.2, -0.15) is 0 Å². The number of benzene rings is 1. The largest absolute Gasteiger partial charge is 0.481 e. The summed E-state index contributed by atoms with van der Waals surface area (Å²) in [5.74, 6) is -1.45. The number of carboxylic acid groups (broad SMARTS) is 1. The molecule has 1 saturated heterocycles. The number of carboxylic acids is 1. The summed E-state index contributed by atoms with van der Waals surface area (Å²) in [6.45, 7) is 4.20. The summed E-state index contributed by atoms with van der Waals surface area (Å²) >= 11 is 6.19. The summed E-state index contributed by atoms with van der Waals surface area (Å²) in [7, 11) is 0. The molecule has 0 radical (unpaired) electrons. The maximum atomic E-state index is 11.3. The smallest absolute Gasteiger partial charge is 0.309 e. The number of hydrogen-bond donors (Lipinski definition) is 1. The van der Waals surface area contributed by atoms with Crippen LogP contribution in [-0.2, 0) is 9.53 Å². The van der Waals surface area contributed by atoms with Crippen LogP contribution in [0, 0.1) is 5.92 Å². The van der Waals surface area contributed by atoms with Crippen LogP contribution in [0.25, 0.3) is 0 Å². The molecule has 1 heterocycles. The topological polar surface area (TPSA) is 46.5 Å².